The van der Waals surface area contributed by atoms with Crippen molar-refractivity contribution in [2.75, 3.05) is 17.7 Å². The van der Waals surface area contributed by atoms with Crippen LogP contribution >= 0.6 is 34.8 Å². The Kier molecular flexibility index (Phi) is 6.04. The molecule has 2 rings (SSSR count). The highest BCUT2D eigenvalue weighted by atomic mass is 35.5. The number of nitrogens with one attached hydrogen (secondary N) is 2. The molecule has 0 saturated carbocycles. The highest BCUT2D eigenvalue weighted by Gasteiger charge is 2.27. The summed E-state index contributed by atoms with van der Waals surface area (Å²) < 4.78 is 4.86. The number of para-hydroxylation sites is 1. The number of nitrogen functional groups attached to an aromatic ring is 1. The van der Waals surface area contributed by atoms with Crippen molar-refractivity contribution in [3.63, 3.8) is 0 Å². The number of pyridine rings is 1. The smallest absolute Gasteiger partial charge is 0.405 e. The molecule has 0 unspecified atom stereocenters. The number of anilines is 2. The first-order valence-corrected chi connectivity index (χ1v) is 7.80. The molecule has 1 heterocycles. The molecular weight excluding hydrogens is 391 g/mol. The van der Waals surface area contributed by atoms with Crippen molar-refractivity contribution in [3.05, 3.63) is 50.7 Å². The number of aromatic nitrogens is 1. The zero-order valence-corrected chi connectivity index (χ0v) is 14.7. The van der Waals surface area contributed by atoms with Gasteiger partial charge in [0.2, 0.25) is 0 Å². The van der Waals surface area contributed by atoms with Crippen LogP contribution in [-0.2, 0) is 9.53 Å². The summed E-state index contributed by atoms with van der Waals surface area (Å²) in [5.74, 6) is -1.58. The first-order valence-electron chi connectivity index (χ1n) is 6.66. The Morgan fingerprint density at radius 3 is 2.60 bits per heavy atom. The number of halogens is 3. The Bertz CT molecular complexity index is 896. The monoisotopic (exact) mass is 399 g/mol. The molecule has 0 aliphatic heterocycles. The van der Waals surface area contributed by atoms with Crippen LogP contribution in [0.1, 0.15) is 16.1 Å². The van der Waals surface area contributed by atoms with Crippen LogP contribution in [0.5, 0.6) is 0 Å². The van der Waals surface area contributed by atoms with E-state index in [4.69, 9.17) is 50.5 Å². The number of carbonyl (C=O) groups is 2. The standard InChI is InChI=1S/C15H9Cl3N4O3/c16-10-12(20)11(17)14(18)22-13(10)15(24)25-6-9(23)21-8-4-2-1-3-7(8)5-19/h1-4H,6H2,(H2,20,22)(H,21,23)/p+1. The molecular formula is C15H10Cl3N4O3+. The SMILES string of the molecule is N#Cc1ccccc1NC(=O)COC(=O)c1[nH+]c(Cl)c(Cl)c(N)c1Cl. The first kappa shape index (κ1) is 18.8. The minimum Gasteiger partial charge on any atom is -0.448 e. The van der Waals surface area contributed by atoms with Gasteiger partial charge in [0.25, 0.3) is 11.1 Å². The quantitative estimate of drug-likeness (QED) is 0.604. The van der Waals surface area contributed by atoms with Crippen LogP contribution in [0.3, 0.4) is 0 Å². The van der Waals surface area contributed by atoms with Crippen LogP contribution in [0.4, 0.5) is 11.4 Å². The van der Waals surface area contributed by atoms with E-state index < -0.39 is 18.5 Å². The lowest BCUT2D eigenvalue weighted by Gasteiger charge is -2.07. The molecule has 0 spiro atoms. The largest absolute Gasteiger partial charge is 0.448 e. The van der Waals surface area contributed by atoms with Crippen molar-refractivity contribution >= 4 is 58.1 Å². The third-order valence-electron chi connectivity index (χ3n) is 2.98. The number of carbonyl (C=O) groups excluding carboxylic acids is 2. The van der Waals surface area contributed by atoms with E-state index in [2.05, 4.69) is 10.3 Å². The predicted molar refractivity (Wildman–Crippen MR) is 92.5 cm³/mol. The van der Waals surface area contributed by atoms with Gasteiger partial charge in [-0.1, -0.05) is 35.3 Å². The average molecular weight is 401 g/mol. The molecule has 4 N–H and O–H groups in total. The molecule has 0 atom stereocenters. The van der Waals surface area contributed by atoms with Gasteiger partial charge < -0.3 is 15.8 Å². The second-order valence-corrected chi connectivity index (χ2v) is 5.77. The number of hydrogen-bond acceptors (Lipinski definition) is 5. The first-order chi connectivity index (χ1) is 11.8. The number of rotatable bonds is 4. The highest BCUT2D eigenvalue weighted by molar-refractivity contribution is 6.45. The summed E-state index contributed by atoms with van der Waals surface area (Å²) in [6.45, 7) is -0.608. The van der Waals surface area contributed by atoms with Crippen LogP contribution < -0.4 is 16.0 Å². The lowest BCUT2D eigenvalue weighted by atomic mass is 10.2. The second-order valence-electron chi connectivity index (χ2n) is 4.64. The molecule has 1 amide bonds. The topological polar surface area (TPSA) is 119 Å². The van der Waals surface area contributed by atoms with E-state index in [1.165, 1.54) is 6.07 Å². The van der Waals surface area contributed by atoms with Gasteiger partial charge in [-0.2, -0.15) is 10.2 Å². The van der Waals surface area contributed by atoms with Crippen LogP contribution in [-0.4, -0.2) is 18.5 Å². The summed E-state index contributed by atoms with van der Waals surface area (Å²) in [6, 6.07) is 8.31. The third kappa shape index (κ3) is 4.31. The maximum Gasteiger partial charge on any atom is 0.405 e. The van der Waals surface area contributed by atoms with Gasteiger partial charge in [0, 0.05) is 0 Å². The maximum absolute atomic E-state index is 12.0. The Labute approximate surface area is 157 Å². The Morgan fingerprint density at radius 2 is 1.92 bits per heavy atom. The number of H-pyrrole nitrogens is 1. The Morgan fingerprint density at radius 1 is 1.24 bits per heavy atom. The zero-order valence-electron chi connectivity index (χ0n) is 12.4. The van der Waals surface area contributed by atoms with Gasteiger partial charge in [0.15, 0.2) is 6.61 Å². The molecule has 0 saturated heterocycles. The molecule has 0 radical (unpaired) electrons. The number of ether oxygens (including phenoxy) is 1. The van der Waals surface area contributed by atoms with E-state index in [9.17, 15) is 9.59 Å². The summed E-state index contributed by atoms with van der Waals surface area (Å²) >= 11 is 17.5. The van der Waals surface area contributed by atoms with E-state index in [-0.39, 0.29) is 32.1 Å². The van der Waals surface area contributed by atoms with Crippen molar-refractivity contribution in [2.45, 2.75) is 0 Å². The third-order valence-corrected chi connectivity index (χ3v) is 4.15. The Hall–Kier alpha value is -2.53. The van der Waals surface area contributed by atoms with Gasteiger partial charge in [-0.05, 0) is 23.7 Å². The van der Waals surface area contributed by atoms with Gasteiger partial charge in [0.1, 0.15) is 16.1 Å². The van der Waals surface area contributed by atoms with Gasteiger partial charge in [-0.15, -0.1) is 0 Å². The van der Waals surface area contributed by atoms with Gasteiger partial charge in [-0.3, -0.25) is 4.79 Å². The zero-order chi connectivity index (χ0) is 18.6. The van der Waals surface area contributed by atoms with E-state index in [0.717, 1.165) is 0 Å². The molecule has 2 aromatic rings. The number of esters is 1. The summed E-state index contributed by atoms with van der Waals surface area (Å²) in [5, 5.41) is 11.1. The Balaban J connectivity index is 2.06. The number of aromatic amines is 1. The molecule has 25 heavy (non-hydrogen) atoms. The summed E-state index contributed by atoms with van der Waals surface area (Å²) in [5.41, 5.74) is 5.87. The minimum atomic E-state index is -0.945. The fourth-order valence-electron chi connectivity index (χ4n) is 1.79. The average Bonchev–Trinajstić information content (AvgIpc) is 2.61. The highest BCUT2D eigenvalue weighted by Crippen LogP contribution is 2.32. The number of nitriles is 1. The summed E-state index contributed by atoms with van der Waals surface area (Å²) in [4.78, 5) is 26.4. The molecule has 10 heteroatoms. The van der Waals surface area contributed by atoms with Gasteiger partial charge >= 0.3 is 11.7 Å². The van der Waals surface area contributed by atoms with E-state index >= 15 is 0 Å². The number of nitrogens with two attached hydrogens (primary N) is 1. The molecule has 128 valence electrons. The van der Waals surface area contributed by atoms with Crippen molar-refractivity contribution in [2.24, 2.45) is 0 Å². The van der Waals surface area contributed by atoms with Crippen molar-refractivity contribution in [1.29, 1.82) is 5.26 Å². The molecule has 0 aliphatic carbocycles. The lowest BCUT2D eigenvalue weighted by Crippen LogP contribution is -2.26. The fourth-order valence-corrected chi connectivity index (χ4v) is 2.39. The van der Waals surface area contributed by atoms with Crippen molar-refractivity contribution in [1.82, 2.24) is 0 Å². The van der Waals surface area contributed by atoms with Crippen LogP contribution in [0.15, 0.2) is 24.3 Å². The summed E-state index contributed by atoms with van der Waals surface area (Å²) in [6.07, 6.45) is 0. The van der Waals surface area contributed by atoms with Crippen LogP contribution in [0.25, 0.3) is 0 Å². The lowest BCUT2D eigenvalue weighted by molar-refractivity contribution is -0.380. The number of nitrogens with zero attached hydrogens (tertiary/aromatic N) is 1. The number of hydrogen-bond donors (Lipinski definition) is 2. The predicted octanol–water partition coefficient (Wildman–Crippen LogP) is 2.71. The van der Waals surface area contributed by atoms with Crippen molar-refractivity contribution < 1.29 is 19.3 Å². The van der Waals surface area contributed by atoms with Crippen molar-refractivity contribution in [3.8, 4) is 6.07 Å². The molecule has 0 bridgehead atoms. The molecule has 0 aliphatic rings. The fraction of sp³-hybridized carbons (Fsp3) is 0.0667. The number of amides is 1. The van der Waals surface area contributed by atoms with Gasteiger partial charge in [0.05, 0.1) is 16.9 Å². The van der Waals surface area contributed by atoms with E-state index in [1.54, 1.807) is 18.2 Å². The second kappa shape index (κ2) is 8.03. The summed E-state index contributed by atoms with van der Waals surface area (Å²) in [7, 11) is 0. The van der Waals surface area contributed by atoms with Crippen LogP contribution in [0.2, 0.25) is 15.2 Å². The molecule has 1 aromatic heterocycles. The molecule has 7 nitrogen and oxygen atoms in total. The van der Waals surface area contributed by atoms with E-state index in [0.29, 0.717) is 5.69 Å². The normalized spacial score (nSPS) is 10.0. The minimum absolute atomic E-state index is 0.0333. The molecule has 1 aromatic carbocycles. The molecule has 0 fully saturated rings. The van der Waals surface area contributed by atoms with Crippen LogP contribution in [0, 0.1) is 11.3 Å². The maximum atomic E-state index is 12.0. The van der Waals surface area contributed by atoms with E-state index in [1.807, 2.05) is 6.07 Å². The van der Waals surface area contributed by atoms with Gasteiger partial charge in [-0.25, -0.2) is 4.79 Å². The number of benzene rings is 1.